The molecular weight excluding hydrogens is 524 g/mol. The van der Waals surface area contributed by atoms with Crippen molar-refractivity contribution in [3.63, 3.8) is 0 Å². The van der Waals surface area contributed by atoms with Gasteiger partial charge in [-0.15, -0.1) is 0 Å². The Labute approximate surface area is 229 Å². The minimum Gasteiger partial charge on any atom is -0.497 e. The number of benzene rings is 3. The van der Waals surface area contributed by atoms with Crippen LogP contribution in [0.5, 0.6) is 11.5 Å². The second kappa shape index (κ2) is 11.3. The fourth-order valence-corrected chi connectivity index (χ4v) is 5.46. The number of halogens is 1. The monoisotopic (exact) mass is 548 g/mol. The van der Waals surface area contributed by atoms with Crippen LogP contribution in [0, 0.1) is 0 Å². The molecule has 38 heavy (non-hydrogen) atoms. The zero-order valence-electron chi connectivity index (χ0n) is 20.8. The maximum absolute atomic E-state index is 12.8. The number of thioether (sulfide) groups is 1. The lowest BCUT2D eigenvalue weighted by atomic mass is 9.98. The van der Waals surface area contributed by atoms with Crippen molar-refractivity contribution < 1.29 is 19.1 Å². The van der Waals surface area contributed by atoms with E-state index in [1.165, 1.54) is 11.8 Å². The first kappa shape index (κ1) is 25.8. The molecule has 0 saturated heterocycles. The fourth-order valence-electron chi connectivity index (χ4n) is 4.27. The molecule has 3 aromatic carbocycles. The molecule has 2 aliphatic heterocycles. The quantitative estimate of drug-likeness (QED) is 0.417. The summed E-state index contributed by atoms with van der Waals surface area (Å²) in [5, 5.41) is 9.95. The van der Waals surface area contributed by atoms with Gasteiger partial charge in [-0.2, -0.15) is 10.1 Å². The number of anilines is 1. The number of aliphatic imine (C=N–C) groups is 1. The van der Waals surface area contributed by atoms with Crippen LogP contribution in [0.3, 0.4) is 0 Å². The van der Waals surface area contributed by atoms with Gasteiger partial charge in [0.2, 0.25) is 5.91 Å². The summed E-state index contributed by atoms with van der Waals surface area (Å²) in [4.78, 5) is 29.8. The molecule has 5 rings (SSSR count). The van der Waals surface area contributed by atoms with Gasteiger partial charge < -0.3 is 14.8 Å². The number of amides is 2. The van der Waals surface area contributed by atoms with Gasteiger partial charge in [0, 0.05) is 29.1 Å². The second-order valence-electron chi connectivity index (χ2n) is 8.71. The predicted octanol–water partition coefficient (Wildman–Crippen LogP) is 5.54. The highest BCUT2D eigenvalue weighted by Crippen LogP contribution is 2.39. The minimum absolute atomic E-state index is 0.00552. The van der Waals surface area contributed by atoms with E-state index < -0.39 is 5.25 Å². The summed E-state index contributed by atoms with van der Waals surface area (Å²) in [6.45, 7) is 0. The fraction of sp³-hybridized carbons (Fsp3) is 0.214. The average molecular weight is 549 g/mol. The van der Waals surface area contributed by atoms with Crippen LogP contribution in [-0.2, 0) is 9.59 Å². The molecule has 0 saturated carbocycles. The molecule has 0 aromatic heterocycles. The van der Waals surface area contributed by atoms with Crippen molar-refractivity contribution >= 4 is 51.7 Å². The number of nitrogens with one attached hydrogen (secondary N) is 1. The van der Waals surface area contributed by atoms with Crippen molar-refractivity contribution in [3.05, 3.63) is 88.9 Å². The molecule has 0 unspecified atom stereocenters. The van der Waals surface area contributed by atoms with Crippen LogP contribution in [0.15, 0.2) is 82.9 Å². The second-order valence-corrected chi connectivity index (χ2v) is 10.3. The minimum atomic E-state index is -0.634. The molecular formula is C28H25ClN4O4S. The number of carbonyl (C=O) groups is 2. The molecule has 0 spiro atoms. The highest BCUT2D eigenvalue weighted by molar-refractivity contribution is 8.15. The first-order chi connectivity index (χ1) is 18.4. The Morgan fingerprint density at radius 3 is 2.50 bits per heavy atom. The molecule has 2 atom stereocenters. The zero-order chi connectivity index (χ0) is 26.6. The third-order valence-corrected chi connectivity index (χ3v) is 7.63. The summed E-state index contributed by atoms with van der Waals surface area (Å²) in [5.41, 5.74) is 3.39. The number of methoxy groups -OCH3 is 2. The van der Waals surface area contributed by atoms with Crippen molar-refractivity contribution in [2.24, 2.45) is 10.1 Å². The van der Waals surface area contributed by atoms with Crippen molar-refractivity contribution in [1.82, 2.24) is 5.01 Å². The number of amidine groups is 1. The van der Waals surface area contributed by atoms with E-state index in [1.54, 1.807) is 43.5 Å². The van der Waals surface area contributed by atoms with Gasteiger partial charge in [-0.1, -0.05) is 47.6 Å². The molecule has 8 nitrogen and oxygen atoms in total. The lowest BCUT2D eigenvalue weighted by molar-refractivity contribution is -0.121. The van der Waals surface area contributed by atoms with E-state index in [2.05, 4.69) is 10.3 Å². The van der Waals surface area contributed by atoms with Gasteiger partial charge in [0.1, 0.15) is 16.7 Å². The Hall–Kier alpha value is -3.82. The lowest BCUT2D eigenvalue weighted by Gasteiger charge is -2.23. The van der Waals surface area contributed by atoms with Gasteiger partial charge in [0.15, 0.2) is 5.17 Å². The third-order valence-electron chi connectivity index (χ3n) is 6.24. The topological polar surface area (TPSA) is 92.6 Å². The first-order valence-electron chi connectivity index (χ1n) is 11.9. The van der Waals surface area contributed by atoms with E-state index in [0.29, 0.717) is 28.0 Å². The Morgan fingerprint density at radius 2 is 1.79 bits per heavy atom. The summed E-state index contributed by atoms with van der Waals surface area (Å²) in [6.07, 6.45) is 0.597. The van der Waals surface area contributed by atoms with Crippen LogP contribution < -0.4 is 14.8 Å². The SMILES string of the molecule is COc1ccc(NC(=O)C[C@@H]2SC(N3N=C(c4cccc(OC)c4)C[C@H]3c3ccc(Cl)cc3)=NC2=O)cc1. The smallest absolute Gasteiger partial charge is 0.262 e. The average Bonchev–Trinajstić information content (AvgIpc) is 3.53. The van der Waals surface area contributed by atoms with E-state index in [1.807, 2.05) is 48.5 Å². The van der Waals surface area contributed by atoms with Crippen molar-refractivity contribution in [3.8, 4) is 11.5 Å². The van der Waals surface area contributed by atoms with E-state index >= 15 is 0 Å². The number of hydrogen-bond donors (Lipinski definition) is 1. The van der Waals surface area contributed by atoms with Gasteiger partial charge in [-0.05, 0) is 54.1 Å². The third kappa shape index (κ3) is 5.69. The summed E-state index contributed by atoms with van der Waals surface area (Å²) < 4.78 is 10.5. The van der Waals surface area contributed by atoms with Crippen LogP contribution in [-0.4, -0.2) is 47.2 Å². The highest BCUT2D eigenvalue weighted by atomic mass is 35.5. The Bertz CT molecular complexity index is 1410. The maximum atomic E-state index is 12.8. The lowest BCUT2D eigenvalue weighted by Crippen LogP contribution is -2.25. The summed E-state index contributed by atoms with van der Waals surface area (Å²) in [5.74, 6) is 0.804. The van der Waals surface area contributed by atoms with Crippen LogP contribution in [0.4, 0.5) is 5.69 Å². The number of rotatable bonds is 7. The van der Waals surface area contributed by atoms with E-state index in [9.17, 15) is 9.59 Å². The molecule has 0 fully saturated rings. The summed E-state index contributed by atoms with van der Waals surface area (Å²) in [6, 6.07) is 22.1. The normalized spacial score (nSPS) is 18.7. The van der Waals surface area contributed by atoms with Crippen molar-refractivity contribution in [1.29, 1.82) is 0 Å². The molecule has 194 valence electrons. The molecule has 2 amide bonds. The Balaban J connectivity index is 1.34. The predicted molar refractivity (Wildman–Crippen MR) is 150 cm³/mol. The number of ether oxygens (including phenoxy) is 2. The molecule has 0 radical (unpaired) electrons. The molecule has 3 aromatic rings. The Morgan fingerprint density at radius 1 is 1.05 bits per heavy atom. The van der Waals surface area contributed by atoms with Gasteiger partial charge >= 0.3 is 0 Å². The maximum Gasteiger partial charge on any atom is 0.262 e. The summed E-state index contributed by atoms with van der Waals surface area (Å²) in [7, 11) is 3.20. The van der Waals surface area contributed by atoms with E-state index in [0.717, 1.165) is 22.6 Å². The molecule has 2 heterocycles. The van der Waals surface area contributed by atoms with Gasteiger partial charge in [-0.25, -0.2) is 5.01 Å². The largest absolute Gasteiger partial charge is 0.497 e. The van der Waals surface area contributed by atoms with Crippen LogP contribution in [0.2, 0.25) is 5.02 Å². The number of hydrogen-bond acceptors (Lipinski definition) is 7. The van der Waals surface area contributed by atoms with Crippen LogP contribution in [0.25, 0.3) is 0 Å². The molecule has 10 heteroatoms. The number of carbonyl (C=O) groups excluding carboxylic acids is 2. The van der Waals surface area contributed by atoms with Crippen LogP contribution >= 0.6 is 23.4 Å². The Kier molecular flexibility index (Phi) is 7.67. The number of hydrazone groups is 1. The first-order valence-corrected chi connectivity index (χ1v) is 13.2. The molecule has 2 aliphatic rings. The van der Waals surface area contributed by atoms with E-state index in [4.69, 9.17) is 26.2 Å². The van der Waals surface area contributed by atoms with Crippen LogP contribution in [0.1, 0.15) is 30.0 Å². The highest BCUT2D eigenvalue weighted by Gasteiger charge is 2.39. The van der Waals surface area contributed by atoms with Gasteiger partial charge in [-0.3, -0.25) is 9.59 Å². The van der Waals surface area contributed by atoms with Gasteiger partial charge in [0.25, 0.3) is 5.91 Å². The molecule has 1 N–H and O–H groups in total. The van der Waals surface area contributed by atoms with Gasteiger partial charge in [0.05, 0.1) is 26.0 Å². The van der Waals surface area contributed by atoms with E-state index in [-0.39, 0.29) is 24.3 Å². The number of nitrogens with zero attached hydrogens (tertiary/aromatic N) is 3. The standard InChI is InChI=1S/C28H25ClN4O4S/c1-36-21-12-10-20(11-13-21)30-26(34)16-25-27(35)31-28(38-25)33-24(17-6-8-19(29)9-7-17)15-23(32-33)18-4-3-5-22(14-18)37-2/h3-14,24-25H,15-16H2,1-2H3,(H,30,34)/t24-,25-/m0/s1. The van der Waals surface area contributed by atoms with Crippen molar-refractivity contribution in [2.75, 3.05) is 19.5 Å². The molecule has 0 bridgehead atoms. The van der Waals surface area contributed by atoms with Crippen molar-refractivity contribution in [2.45, 2.75) is 24.1 Å². The zero-order valence-corrected chi connectivity index (χ0v) is 22.3. The molecule has 0 aliphatic carbocycles. The summed E-state index contributed by atoms with van der Waals surface area (Å²) >= 11 is 7.38.